The molecule has 0 unspecified atom stereocenters. The van der Waals surface area contributed by atoms with Gasteiger partial charge >= 0.3 is 0 Å². The van der Waals surface area contributed by atoms with Crippen LogP contribution in [0.1, 0.15) is 49.9 Å². The maximum absolute atomic E-state index is 2.55. The van der Waals surface area contributed by atoms with Crippen molar-refractivity contribution < 1.29 is 0 Å². The molecule has 1 heterocycles. The van der Waals surface area contributed by atoms with E-state index in [-0.39, 0.29) is 10.8 Å². The van der Waals surface area contributed by atoms with Crippen molar-refractivity contribution in [1.29, 1.82) is 0 Å². The Morgan fingerprint density at radius 3 is 1.62 bits per heavy atom. The van der Waals surface area contributed by atoms with Crippen molar-refractivity contribution in [1.82, 2.24) is 4.57 Å². The van der Waals surface area contributed by atoms with Crippen LogP contribution in [-0.4, -0.2) is 4.57 Å². The smallest absolute Gasteiger partial charge is 0.0543 e. The monoisotopic (exact) mass is 718 g/mol. The zero-order chi connectivity index (χ0) is 37.8. The molecule has 2 aliphatic carbocycles. The first-order chi connectivity index (χ1) is 27.3. The largest absolute Gasteiger partial charge is 0.310 e. The first-order valence-corrected chi connectivity index (χ1v) is 19.8. The molecule has 0 fully saturated rings. The second kappa shape index (κ2) is 11.9. The van der Waals surface area contributed by atoms with Gasteiger partial charge in [-0.2, -0.15) is 0 Å². The Labute approximate surface area is 328 Å². The van der Waals surface area contributed by atoms with Gasteiger partial charge in [-0.1, -0.05) is 167 Å². The van der Waals surface area contributed by atoms with Gasteiger partial charge in [-0.05, 0) is 87.0 Å². The fourth-order valence-corrected chi connectivity index (χ4v) is 10.2. The summed E-state index contributed by atoms with van der Waals surface area (Å²) >= 11 is 0. The van der Waals surface area contributed by atoms with Gasteiger partial charge in [0.2, 0.25) is 0 Å². The van der Waals surface area contributed by atoms with Gasteiger partial charge in [0.15, 0.2) is 0 Å². The van der Waals surface area contributed by atoms with Crippen molar-refractivity contribution >= 4 is 38.9 Å². The molecule has 11 rings (SSSR count). The van der Waals surface area contributed by atoms with Gasteiger partial charge < -0.3 is 9.47 Å². The van der Waals surface area contributed by atoms with Crippen LogP contribution in [0.25, 0.3) is 60.9 Å². The van der Waals surface area contributed by atoms with Crippen LogP contribution in [0.5, 0.6) is 0 Å². The van der Waals surface area contributed by atoms with E-state index in [9.17, 15) is 0 Å². The van der Waals surface area contributed by atoms with Gasteiger partial charge in [0, 0.05) is 38.4 Å². The highest BCUT2D eigenvalue weighted by atomic mass is 15.1. The molecule has 9 aromatic rings. The lowest BCUT2D eigenvalue weighted by molar-refractivity contribution is 0.659. The van der Waals surface area contributed by atoms with Crippen molar-refractivity contribution in [2.75, 3.05) is 4.90 Å². The second-order valence-electron chi connectivity index (χ2n) is 16.5. The van der Waals surface area contributed by atoms with Crippen LogP contribution >= 0.6 is 0 Å². The minimum absolute atomic E-state index is 0.109. The highest BCUT2D eigenvalue weighted by Gasteiger charge is 2.41. The number of hydrogen-bond acceptors (Lipinski definition) is 1. The van der Waals surface area contributed by atoms with Crippen molar-refractivity contribution in [3.05, 3.63) is 204 Å². The zero-order valence-electron chi connectivity index (χ0n) is 32.2. The van der Waals surface area contributed by atoms with Crippen molar-refractivity contribution in [3.8, 4) is 39.1 Å². The third kappa shape index (κ3) is 4.50. The molecule has 56 heavy (non-hydrogen) atoms. The van der Waals surface area contributed by atoms with E-state index >= 15 is 0 Å². The van der Waals surface area contributed by atoms with Crippen molar-refractivity contribution in [2.24, 2.45) is 0 Å². The summed E-state index contributed by atoms with van der Waals surface area (Å²) in [4.78, 5) is 2.55. The lowest BCUT2D eigenvalue weighted by Crippen LogP contribution is -2.21. The third-order valence-corrected chi connectivity index (χ3v) is 12.8. The molecule has 0 amide bonds. The molecule has 8 aromatic carbocycles. The molecular formula is C54H42N2. The molecule has 2 aliphatic rings. The quantitative estimate of drug-likeness (QED) is 0.172. The van der Waals surface area contributed by atoms with Gasteiger partial charge in [-0.3, -0.25) is 0 Å². The Morgan fingerprint density at radius 2 is 0.911 bits per heavy atom. The fraction of sp³-hybridized carbons (Fsp3) is 0.111. The summed E-state index contributed by atoms with van der Waals surface area (Å²) in [6.07, 6.45) is 0. The Bertz CT molecular complexity index is 2980. The highest BCUT2D eigenvalue weighted by Crippen LogP contribution is 2.58. The summed E-state index contributed by atoms with van der Waals surface area (Å²) in [7, 11) is 0. The van der Waals surface area contributed by atoms with Gasteiger partial charge in [0.1, 0.15) is 0 Å². The third-order valence-electron chi connectivity index (χ3n) is 12.8. The van der Waals surface area contributed by atoms with E-state index in [2.05, 4.69) is 219 Å². The number of anilines is 3. The molecule has 0 N–H and O–H groups in total. The molecule has 0 saturated heterocycles. The predicted octanol–water partition coefficient (Wildman–Crippen LogP) is 14.5. The van der Waals surface area contributed by atoms with Crippen LogP contribution in [-0.2, 0) is 10.8 Å². The van der Waals surface area contributed by atoms with Gasteiger partial charge in [-0.15, -0.1) is 0 Å². The van der Waals surface area contributed by atoms with Gasteiger partial charge in [0.25, 0.3) is 0 Å². The summed E-state index contributed by atoms with van der Waals surface area (Å²) in [5.74, 6) is 0. The van der Waals surface area contributed by atoms with Gasteiger partial charge in [-0.25, -0.2) is 0 Å². The van der Waals surface area contributed by atoms with Crippen LogP contribution in [0.4, 0.5) is 17.1 Å². The van der Waals surface area contributed by atoms with E-state index in [1.165, 1.54) is 94.5 Å². The lowest BCUT2D eigenvalue weighted by Gasteiger charge is -2.33. The Hall–Kier alpha value is -6.64. The topological polar surface area (TPSA) is 8.17 Å². The van der Waals surface area contributed by atoms with E-state index in [0.29, 0.717) is 0 Å². The number of fused-ring (bicyclic) bond motifs is 9. The lowest BCUT2D eigenvalue weighted by atomic mass is 9.81. The summed E-state index contributed by atoms with van der Waals surface area (Å²) in [6, 6.07) is 67.4. The van der Waals surface area contributed by atoms with Crippen molar-refractivity contribution in [3.63, 3.8) is 0 Å². The number of rotatable bonds is 5. The van der Waals surface area contributed by atoms with Crippen molar-refractivity contribution in [2.45, 2.75) is 38.5 Å². The van der Waals surface area contributed by atoms with Crippen LogP contribution in [0.2, 0.25) is 0 Å². The molecule has 0 radical (unpaired) electrons. The molecule has 2 heteroatoms. The van der Waals surface area contributed by atoms with Gasteiger partial charge in [0.05, 0.1) is 28.1 Å². The summed E-state index contributed by atoms with van der Waals surface area (Å²) in [5, 5.41) is 2.54. The molecule has 0 spiro atoms. The van der Waals surface area contributed by atoms with E-state index in [1.807, 2.05) is 0 Å². The number of nitrogens with zero attached hydrogens (tertiary/aromatic N) is 2. The average Bonchev–Trinajstić information content (AvgIpc) is 3.79. The number of benzene rings is 8. The normalized spacial score (nSPS) is 14.4. The number of aromatic nitrogens is 1. The van der Waals surface area contributed by atoms with E-state index in [4.69, 9.17) is 0 Å². The Morgan fingerprint density at radius 1 is 0.393 bits per heavy atom. The van der Waals surface area contributed by atoms with Crippen LogP contribution in [0, 0.1) is 0 Å². The number of hydrogen-bond donors (Lipinski definition) is 0. The minimum Gasteiger partial charge on any atom is -0.310 e. The number of para-hydroxylation sites is 3. The molecular weight excluding hydrogens is 677 g/mol. The average molecular weight is 719 g/mol. The molecule has 268 valence electrons. The molecule has 0 atom stereocenters. The molecule has 0 saturated carbocycles. The zero-order valence-corrected chi connectivity index (χ0v) is 32.2. The highest BCUT2D eigenvalue weighted by molar-refractivity contribution is 6.10. The van der Waals surface area contributed by atoms with E-state index in [0.717, 1.165) is 5.69 Å². The van der Waals surface area contributed by atoms with Crippen LogP contribution in [0.3, 0.4) is 0 Å². The van der Waals surface area contributed by atoms with E-state index in [1.54, 1.807) is 0 Å². The maximum atomic E-state index is 2.55. The summed E-state index contributed by atoms with van der Waals surface area (Å²) in [5.41, 5.74) is 20.0. The SMILES string of the molecule is CC1(C)c2ccccc2-c2c(N(c3ccc(-c4ccccc4-n4c5ccccc5c5ccccc54)cc3)c3cccc4c3C(C)(C)c3ccccc3-4)cccc21. The summed E-state index contributed by atoms with van der Waals surface area (Å²) < 4.78 is 2.43. The maximum Gasteiger partial charge on any atom is 0.0543 e. The minimum atomic E-state index is -0.183. The molecule has 1 aromatic heterocycles. The molecule has 0 bridgehead atoms. The summed E-state index contributed by atoms with van der Waals surface area (Å²) in [6.45, 7) is 9.52. The predicted molar refractivity (Wildman–Crippen MR) is 236 cm³/mol. The molecule has 2 nitrogen and oxygen atoms in total. The first-order valence-electron chi connectivity index (χ1n) is 19.8. The van der Waals surface area contributed by atoms with E-state index < -0.39 is 0 Å². The second-order valence-corrected chi connectivity index (χ2v) is 16.5. The fourth-order valence-electron chi connectivity index (χ4n) is 10.2. The Kier molecular flexibility index (Phi) is 6.98. The first kappa shape index (κ1) is 32.8. The van der Waals surface area contributed by atoms with Crippen LogP contribution < -0.4 is 4.90 Å². The Balaban J connectivity index is 1.13. The van der Waals surface area contributed by atoms with Crippen LogP contribution in [0.15, 0.2) is 182 Å². The molecule has 0 aliphatic heterocycles. The standard InChI is InChI=1S/C54H42N2/c1-53(2)44-24-11-6-21-42(44)51-45(53)25-16-29-49(51)55(50-30-15-22-41-38-18-5-10-23-43(38)54(3,4)52(41)50)36-33-31-35(32-34-36)37-17-7-12-26-46(37)56-47-27-13-8-19-39(47)40-20-9-14-28-48(40)56/h5-34H,1-4H3.